The lowest BCUT2D eigenvalue weighted by atomic mass is 10.2. The molecule has 0 bridgehead atoms. The maximum absolute atomic E-state index is 11.8. The molecule has 100 valence electrons. The van der Waals surface area contributed by atoms with E-state index in [2.05, 4.69) is 10.6 Å². The number of anilines is 2. The van der Waals surface area contributed by atoms with Gasteiger partial charge >= 0.3 is 6.03 Å². The van der Waals surface area contributed by atoms with Crippen LogP contribution < -0.4 is 16.4 Å². The first-order valence-corrected chi connectivity index (χ1v) is 5.71. The Kier molecular flexibility index (Phi) is 3.37. The molecule has 2 rings (SSSR count). The van der Waals surface area contributed by atoms with E-state index in [-0.39, 0.29) is 13.1 Å². The summed E-state index contributed by atoms with van der Waals surface area (Å²) < 4.78 is 0. The van der Waals surface area contributed by atoms with E-state index in [4.69, 9.17) is 5.73 Å². The molecule has 4 amide bonds. The third kappa shape index (κ3) is 2.82. The summed E-state index contributed by atoms with van der Waals surface area (Å²) in [5, 5.41) is 4.99. The topological polar surface area (TPSA) is 105 Å². The van der Waals surface area contributed by atoms with Crippen molar-refractivity contribution < 1.29 is 14.4 Å². The molecule has 0 saturated carbocycles. The summed E-state index contributed by atoms with van der Waals surface area (Å²) in [5.74, 6) is -0.840. The number of hydrogen-bond donors (Lipinski definition) is 3. The Labute approximate surface area is 109 Å². The zero-order valence-corrected chi connectivity index (χ0v) is 10.4. The Bertz CT molecular complexity index is 540. The largest absolute Gasteiger partial charge is 0.399 e. The Hall–Kier alpha value is -2.57. The first kappa shape index (κ1) is 12.9. The van der Waals surface area contributed by atoms with Crippen LogP contribution in [0.5, 0.6) is 0 Å². The molecule has 0 radical (unpaired) electrons. The predicted molar refractivity (Wildman–Crippen MR) is 69.3 cm³/mol. The van der Waals surface area contributed by atoms with Crippen molar-refractivity contribution in [1.82, 2.24) is 10.2 Å². The quantitative estimate of drug-likeness (QED) is 0.529. The van der Waals surface area contributed by atoms with Crippen LogP contribution in [0.4, 0.5) is 16.2 Å². The van der Waals surface area contributed by atoms with Gasteiger partial charge in [0.05, 0.1) is 6.54 Å². The molecule has 4 N–H and O–H groups in total. The molecule has 1 aliphatic heterocycles. The molecule has 19 heavy (non-hydrogen) atoms. The number of benzene rings is 1. The second kappa shape index (κ2) is 4.97. The van der Waals surface area contributed by atoms with Crippen molar-refractivity contribution in [3.8, 4) is 0 Å². The molecule has 1 aliphatic rings. The van der Waals surface area contributed by atoms with E-state index in [0.717, 1.165) is 10.5 Å². The average Bonchev–Trinajstić information content (AvgIpc) is 2.65. The standard InChI is InChI=1S/C12H14N4O3/c1-7-4-8(13)2-3-9(7)15-10(17)6-16-11(18)5-14-12(16)19/h2-4H,5-6,13H2,1H3,(H,14,19)(H,15,17). The maximum atomic E-state index is 11.8. The van der Waals surface area contributed by atoms with Crippen molar-refractivity contribution in [2.24, 2.45) is 0 Å². The van der Waals surface area contributed by atoms with Crippen LogP contribution in [-0.2, 0) is 9.59 Å². The summed E-state index contributed by atoms with van der Waals surface area (Å²) >= 11 is 0. The zero-order chi connectivity index (χ0) is 14.0. The van der Waals surface area contributed by atoms with Crippen LogP contribution in [0.15, 0.2) is 18.2 Å². The lowest BCUT2D eigenvalue weighted by Crippen LogP contribution is -2.38. The number of nitrogen functional groups attached to an aromatic ring is 1. The second-order valence-electron chi connectivity index (χ2n) is 4.26. The van der Waals surface area contributed by atoms with Crippen molar-refractivity contribution in [3.05, 3.63) is 23.8 Å². The second-order valence-corrected chi connectivity index (χ2v) is 4.26. The van der Waals surface area contributed by atoms with Crippen LogP contribution in [0.1, 0.15) is 5.56 Å². The van der Waals surface area contributed by atoms with Crippen molar-refractivity contribution >= 4 is 29.2 Å². The smallest absolute Gasteiger partial charge is 0.325 e. The van der Waals surface area contributed by atoms with Crippen LogP contribution in [0.3, 0.4) is 0 Å². The SMILES string of the molecule is Cc1cc(N)ccc1NC(=O)CN1C(=O)CNC1=O. The summed E-state index contributed by atoms with van der Waals surface area (Å²) in [7, 11) is 0. The van der Waals surface area contributed by atoms with Crippen LogP contribution in [0, 0.1) is 6.92 Å². The molecule has 7 nitrogen and oxygen atoms in total. The lowest BCUT2D eigenvalue weighted by molar-refractivity contribution is -0.128. The third-order valence-electron chi connectivity index (χ3n) is 2.76. The molecular formula is C12H14N4O3. The normalized spacial score (nSPS) is 14.5. The number of carbonyl (C=O) groups is 3. The van der Waals surface area contributed by atoms with Crippen molar-refractivity contribution in [3.63, 3.8) is 0 Å². The minimum atomic E-state index is -0.547. The fourth-order valence-corrected chi connectivity index (χ4v) is 1.78. The third-order valence-corrected chi connectivity index (χ3v) is 2.76. The maximum Gasteiger partial charge on any atom is 0.325 e. The molecule has 0 unspecified atom stereocenters. The van der Waals surface area contributed by atoms with E-state index >= 15 is 0 Å². The molecular weight excluding hydrogens is 248 g/mol. The molecule has 1 fully saturated rings. The van der Waals surface area contributed by atoms with E-state index in [1.807, 2.05) is 0 Å². The summed E-state index contributed by atoms with van der Waals surface area (Å²) in [6, 6.07) is 4.52. The highest BCUT2D eigenvalue weighted by Gasteiger charge is 2.30. The Morgan fingerprint density at radius 3 is 2.79 bits per heavy atom. The van der Waals surface area contributed by atoms with Gasteiger partial charge in [-0.15, -0.1) is 0 Å². The fourth-order valence-electron chi connectivity index (χ4n) is 1.78. The molecule has 0 aliphatic carbocycles. The number of nitrogens with zero attached hydrogens (tertiary/aromatic N) is 1. The van der Waals surface area contributed by atoms with Gasteiger partial charge < -0.3 is 16.4 Å². The monoisotopic (exact) mass is 262 g/mol. The van der Waals surface area contributed by atoms with Crippen molar-refractivity contribution in [2.45, 2.75) is 6.92 Å². The first-order valence-electron chi connectivity index (χ1n) is 5.71. The summed E-state index contributed by atoms with van der Waals surface area (Å²) in [5.41, 5.74) is 7.62. The number of nitrogens with one attached hydrogen (secondary N) is 2. The van der Waals surface area contributed by atoms with Gasteiger partial charge in [0.1, 0.15) is 6.54 Å². The van der Waals surface area contributed by atoms with Crippen LogP contribution in [0.25, 0.3) is 0 Å². The number of urea groups is 1. The van der Waals surface area contributed by atoms with Gasteiger partial charge in [-0.3, -0.25) is 14.5 Å². The minimum Gasteiger partial charge on any atom is -0.399 e. The number of nitrogens with two attached hydrogens (primary N) is 1. The number of carbonyl (C=O) groups excluding carboxylic acids is 3. The molecule has 0 spiro atoms. The summed E-state index contributed by atoms with van der Waals surface area (Å²) in [6.45, 7) is 1.45. The Morgan fingerprint density at radius 1 is 1.47 bits per heavy atom. The van der Waals surface area contributed by atoms with Crippen molar-refractivity contribution in [2.75, 3.05) is 24.1 Å². The molecule has 1 aromatic carbocycles. The summed E-state index contributed by atoms with van der Waals surface area (Å²) in [4.78, 5) is 35.3. The highest BCUT2D eigenvalue weighted by molar-refractivity contribution is 6.06. The fraction of sp³-hybridized carbons (Fsp3) is 0.250. The highest BCUT2D eigenvalue weighted by atomic mass is 16.2. The van der Waals surface area contributed by atoms with Gasteiger partial charge in [-0.25, -0.2) is 4.79 Å². The lowest BCUT2D eigenvalue weighted by Gasteiger charge is -2.13. The van der Waals surface area contributed by atoms with Gasteiger partial charge in [-0.2, -0.15) is 0 Å². The van der Waals surface area contributed by atoms with Crippen LogP contribution >= 0.6 is 0 Å². The number of hydrogen-bond acceptors (Lipinski definition) is 4. The Balaban J connectivity index is 2.01. The highest BCUT2D eigenvalue weighted by Crippen LogP contribution is 2.17. The summed E-state index contributed by atoms with van der Waals surface area (Å²) in [6.07, 6.45) is 0. The molecule has 7 heteroatoms. The number of imide groups is 1. The molecule has 1 saturated heterocycles. The zero-order valence-electron chi connectivity index (χ0n) is 10.4. The van der Waals surface area contributed by atoms with Gasteiger partial charge in [-0.05, 0) is 30.7 Å². The Morgan fingerprint density at radius 2 is 2.21 bits per heavy atom. The number of amides is 4. The van der Waals surface area contributed by atoms with Gasteiger partial charge in [0.25, 0.3) is 5.91 Å². The van der Waals surface area contributed by atoms with E-state index in [1.54, 1.807) is 25.1 Å². The van der Waals surface area contributed by atoms with E-state index < -0.39 is 17.8 Å². The molecule has 1 heterocycles. The van der Waals surface area contributed by atoms with Gasteiger partial charge in [0.15, 0.2) is 0 Å². The number of aryl methyl sites for hydroxylation is 1. The average molecular weight is 262 g/mol. The predicted octanol–water partition coefficient (Wildman–Crippen LogP) is 0.0675. The van der Waals surface area contributed by atoms with E-state index in [9.17, 15) is 14.4 Å². The first-order chi connectivity index (χ1) is 8.97. The molecule has 0 atom stereocenters. The minimum absolute atomic E-state index is 0.0625. The van der Waals surface area contributed by atoms with Gasteiger partial charge in [0, 0.05) is 11.4 Å². The van der Waals surface area contributed by atoms with Gasteiger partial charge in [0.2, 0.25) is 5.91 Å². The van der Waals surface area contributed by atoms with Gasteiger partial charge in [-0.1, -0.05) is 0 Å². The van der Waals surface area contributed by atoms with Crippen LogP contribution in [0.2, 0.25) is 0 Å². The van der Waals surface area contributed by atoms with Crippen LogP contribution in [-0.4, -0.2) is 35.8 Å². The number of rotatable bonds is 3. The van der Waals surface area contributed by atoms with E-state index in [1.165, 1.54) is 0 Å². The van der Waals surface area contributed by atoms with E-state index in [0.29, 0.717) is 11.4 Å². The molecule has 0 aromatic heterocycles. The molecule has 1 aromatic rings. The van der Waals surface area contributed by atoms with Crippen molar-refractivity contribution in [1.29, 1.82) is 0 Å².